The number of para-hydroxylation sites is 1. The molecular weight excluding hydrogens is 222 g/mol. The van der Waals surface area contributed by atoms with E-state index < -0.39 is 0 Å². The minimum absolute atomic E-state index is 0.704. The number of hydrogen-bond donors (Lipinski definition) is 1. The van der Waals surface area contributed by atoms with E-state index in [4.69, 9.17) is 4.74 Å². The van der Waals surface area contributed by atoms with Crippen molar-refractivity contribution in [2.75, 3.05) is 18.5 Å². The van der Waals surface area contributed by atoms with Crippen molar-refractivity contribution >= 4 is 16.5 Å². The third kappa shape index (κ3) is 3.51. The van der Waals surface area contributed by atoms with E-state index in [1.165, 1.54) is 11.3 Å². The second-order valence-electron chi connectivity index (χ2n) is 3.19. The highest BCUT2D eigenvalue weighted by molar-refractivity contribution is 7.13. The largest absolute Gasteiger partial charge is 0.494 e. The van der Waals surface area contributed by atoms with Gasteiger partial charge in [0.25, 0.3) is 0 Å². The van der Waals surface area contributed by atoms with E-state index in [2.05, 4.69) is 15.5 Å². The first-order valence-electron chi connectivity index (χ1n) is 5.13. The van der Waals surface area contributed by atoms with E-state index in [0.29, 0.717) is 6.61 Å². The van der Waals surface area contributed by atoms with Gasteiger partial charge in [-0.15, -0.1) is 10.2 Å². The summed E-state index contributed by atoms with van der Waals surface area (Å²) in [5.41, 5.74) is 1.71. The van der Waals surface area contributed by atoms with Crippen LogP contribution in [0.4, 0.5) is 5.13 Å². The van der Waals surface area contributed by atoms with Crippen LogP contribution in [0.2, 0.25) is 0 Å². The minimum atomic E-state index is 0.704. The van der Waals surface area contributed by atoms with Crippen molar-refractivity contribution in [1.82, 2.24) is 10.2 Å². The highest BCUT2D eigenvalue weighted by Crippen LogP contribution is 2.09. The van der Waals surface area contributed by atoms with Gasteiger partial charge in [0.15, 0.2) is 0 Å². The van der Waals surface area contributed by atoms with Crippen molar-refractivity contribution in [3.05, 3.63) is 35.8 Å². The van der Waals surface area contributed by atoms with Gasteiger partial charge in [-0.3, -0.25) is 0 Å². The first kappa shape index (κ1) is 10.9. The molecule has 2 aromatic rings. The van der Waals surface area contributed by atoms with Crippen molar-refractivity contribution in [2.45, 2.75) is 6.42 Å². The average molecular weight is 235 g/mol. The number of ether oxygens (including phenoxy) is 1. The van der Waals surface area contributed by atoms with Crippen LogP contribution < -0.4 is 10.1 Å². The third-order valence-corrected chi connectivity index (χ3v) is 2.62. The first-order valence-corrected chi connectivity index (χ1v) is 6.01. The lowest BCUT2D eigenvalue weighted by atomic mass is 10.3. The molecule has 1 heterocycles. The zero-order valence-electron chi connectivity index (χ0n) is 8.80. The molecule has 0 atom stereocenters. The monoisotopic (exact) mass is 235 g/mol. The summed E-state index contributed by atoms with van der Waals surface area (Å²) in [5.74, 6) is 0.915. The summed E-state index contributed by atoms with van der Waals surface area (Å²) in [4.78, 5) is 0. The normalized spacial score (nSPS) is 10.0. The molecule has 0 saturated carbocycles. The van der Waals surface area contributed by atoms with Crippen LogP contribution in [0.1, 0.15) is 6.42 Å². The molecule has 0 aliphatic carbocycles. The van der Waals surface area contributed by atoms with Crippen molar-refractivity contribution < 1.29 is 4.74 Å². The fraction of sp³-hybridized carbons (Fsp3) is 0.273. The molecule has 5 heteroatoms. The Hall–Kier alpha value is -1.62. The summed E-state index contributed by atoms with van der Waals surface area (Å²) in [5, 5.41) is 11.7. The van der Waals surface area contributed by atoms with E-state index >= 15 is 0 Å². The molecule has 0 bridgehead atoms. The standard InChI is InChI=1S/C11H13N3OS/c1-2-5-10(6-3-1)15-8-4-7-12-11-14-13-9-16-11/h1-3,5-6,9H,4,7-8H2,(H,12,14). The zero-order valence-corrected chi connectivity index (χ0v) is 9.61. The van der Waals surface area contributed by atoms with E-state index in [1.807, 2.05) is 30.3 Å². The van der Waals surface area contributed by atoms with Gasteiger partial charge in [0, 0.05) is 6.54 Å². The lowest BCUT2D eigenvalue weighted by Crippen LogP contribution is -2.07. The summed E-state index contributed by atoms with van der Waals surface area (Å²) in [7, 11) is 0. The van der Waals surface area contributed by atoms with Gasteiger partial charge in [0.05, 0.1) is 6.61 Å². The van der Waals surface area contributed by atoms with E-state index in [9.17, 15) is 0 Å². The van der Waals surface area contributed by atoms with Crippen molar-refractivity contribution in [1.29, 1.82) is 0 Å². The Morgan fingerprint density at radius 3 is 2.88 bits per heavy atom. The Labute approximate surface area is 98.3 Å². The van der Waals surface area contributed by atoms with Crippen LogP contribution in [0.5, 0.6) is 5.75 Å². The molecule has 2 rings (SSSR count). The van der Waals surface area contributed by atoms with E-state index in [-0.39, 0.29) is 0 Å². The summed E-state index contributed by atoms with van der Waals surface area (Å²) in [6, 6.07) is 9.82. The van der Waals surface area contributed by atoms with Gasteiger partial charge in [-0.2, -0.15) is 0 Å². The van der Waals surface area contributed by atoms with Gasteiger partial charge >= 0.3 is 0 Å². The summed E-state index contributed by atoms with van der Waals surface area (Å²) in [6.07, 6.45) is 0.939. The highest BCUT2D eigenvalue weighted by Gasteiger charge is 1.95. The molecule has 0 aliphatic heterocycles. The lowest BCUT2D eigenvalue weighted by molar-refractivity contribution is 0.315. The molecule has 0 aliphatic rings. The lowest BCUT2D eigenvalue weighted by Gasteiger charge is -2.05. The predicted octanol–water partition coefficient (Wildman–Crippen LogP) is 2.42. The maximum atomic E-state index is 5.55. The van der Waals surface area contributed by atoms with Gasteiger partial charge in [-0.1, -0.05) is 29.5 Å². The van der Waals surface area contributed by atoms with Gasteiger partial charge in [0.2, 0.25) is 5.13 Å². The summed E-state index contributed by atoms with van der Waals surface area (Å²) >= 11 is 1.50. The van der Waals surface area contributed by atoms with E-state index in [1.54, 1.807) is 5.51 Å². The predicted molar refractivity (Wildman–Crippen MR) is 65.0 cm³/mol. The summed E-state index contributed by atoms with van der Waals surface area (Å²) in [6.45, 7) is 1.55. The zero-order chi connectivity index (χ0) is 11.1. The average Bonchev–Trinajstić information content (AvgIpc) is 2.83. The number of rotatable bonds is 6. The Bertz CT molecular complexity index is 391. The Kier molecular flexibility index (Phi) is 4.13. The Morgan fingerprint density at radius 1 is 1.25 bits per heavy atom. The van der Waals surface area contributed by atoms with Crippen molar-refractivity contribution in [2.24, 2.45) is 0 Å². The molecule has 1 aromatic heterocycles. The minimum Gasteiger partial charge on any atom is -0.494 e. The fourth-order valence-corrected chi connectivity index (χ4v) is 1.70. The van der Waals surface area contributed by atoms with Crippen LogP contribution in [0.15, 0.2) is 35.8 Å². The Balaban J connectivity index is 1.59. The molecule has 1 N–H and O–H groups in total. The molecule has 0 fully saturated rings. The summed E-state index contributed by atoms with van der Waals surface area (Å²) < 4.78 is 5.55. The topological polar surface area (TPSA) is 47.0 Å². The van der Waals surface area contributed by atoms with Crippen molar-refractivity contribution in [3.63, 3.8) is 0 Å². The SMILES string of the molecule is c1ccc(OCCCNc2nncs2)cc1. The molecule has 0 radical (unpaired) electrons. The molecule has 0 amide bonds. The molecule has 84 valence electrons. The Morgan fingerprint density at radius 2 is 2.12 bits per heavy atom. The van der Waals surface area contributed by atoms with Gasteiger partial charge < -0.3 is 10.1 Å². The molecule has 0 unspecified atom stereocenters. The van der Waals surface area contributed by atoms with Crippen LogP contribution in [-0.2, 0) is 0 Å². The number of anilines is 1. The van der Waals surface area contributed by atoms with Crippen LogP contribution >= 0.6 is 11.3 Å². The van der Waals surface area contributed by atoms with Crippen LogP contribution in [0.25, 0.3) is 0 Å². The van der Waals surface area contributed by atoms with Crippen LogP contribution in [0.3, 0.4) is 0 Å². The number of nitrogens with one attached hydrogen (secondary N) is 1. The van der Waals surface area contributed by atoms with Gasteiger partial charge in [-0.25, -0.2) is 0 Å². The quantitative estimate of drug-likeness (QED) is 0.781. The van der Waals surface area contributed by atoms with Crippen LogP contribution in [0, 0.1) is 0 Å². The number of nitrogens with zero attached hydrogens (tertiary/aromatic N) is 2. The molecule has 0 spiro atoms. The van der Waals surface area contributed by atoms with E-state index in [0.717, 1.165) is 23.8 Å². The second-order valence-corrected chi connectivity index (χ2v) is 4.02. The highest BCUT2D eigenvalue weighted by atomic mass is 32.1. The maximum Gasteiger partial charge on any atom is 0.205 e. The fourth-order valence-electron chi connectivity index (χ4n) is 1.22. The smallest absolute Gasteiger partial charge is 0.205 e. The molecule has 4 nitrogen and oxygen atoms in total. The maximum absolute atomic E-state index is 5.55. The first-order chi connectivity index (χ1) is 7.95. The van der Waals surface area contributed by atoms with Crippen LogP contribution in [-0.4, -0.2) is 23.3 Å². The number of aromatic nitrogens is 2. The molecule has 16 heavy (non-hydrogen) atoms. The van der Waals surface area contributed by atoms with Crippen molar-refractivity contribution in [3.8, 4) is 5.75 Å². The molecule has 1 aromatic carbocycles. The van der Waals surface area contributed by atoms with Gasteiger partial charge in [-0.05, 0) is 18.6 Å². The molecule has 0 saturated heterocycles. The third-order valence-electron chi connectivity index (χ3n) is 1.97. The number of hydrogen-bond acceptors (Lipinski definition) is 5. The second kappa shape index (κ2) is 6.07. The number of benzene rings is 1. The van der Waals surface area contributed by atoms with Gasteiger partial charge in [0.1, 0.15) is 11.3 Å². The molecular formula is C11H13N3OS.